The van der Waals surface area contributed by atoms with E-state index in [-0.39, 0.29) is 51.0 Å². The Morgan fingerprint density at radius 2 is 0.551 bits per heavy atom. The van der Waals surface area contributed by atoms with Crippen molar-refractivity contribution >= 4 is 0 Å². The molecule has 0 aliphatic heterocycles. The maximum absolute atomic E-state index is 6.25. The summed E-state index contributed by atoms with van der Waals surface area (Å²) < 4.78 is 0. The number of pyridine rings is 6. The van der Waals surface area contributed by atoms with Gasteiger partial charge in [-0.05, 0) is 93.3 Å². The molecule has 10 heteroatoms. The molecule has 403 valence electrons. The molecule has 4 aromatic carbocycles. The molecule has 1 radical (unpaired) electrons. The summed E-state index contributed by atoms with van der Waals surface area (Å²) >= 11 is 0. The first-order valence-corrected chi connectivity index (χ1v) is 24.6. The third-order valence-corrected chi connectivity index (χ3v) is 11.2. The van der Waals surface area contributed by atoms with E-state index in [2.05, 4.69) is 172 Å². The smallest absolute Gasteiger partial charge is 0.0889 e. The van der Waals surface area contributed by atoms with Crippen LogP contribution in [0.15, 0.2) is 207 Å². The summed E-state index contributed by atoms with van der Waals surface area (Å²) in [5.74, 6) is 0. The van der Waals surface area contributed by atoms with Gasteiger partial charge in [0.05, 0.1) is 11.4 Å². The fourth-order valence-electron chi connectivity index (χ4n) is 6.81. The number of hydrogen-bond acceptors (Lipinski definition) is 8. The molecule has 0 unspecified atom stereocenters. The molecule has 0 aliphatic rings. The summed E-state index contributed by atoms with van der Waals surface area (Å²) in [6.45, 7) is 31.0. The van der Waals surface area contributed by atoms with Gasteiger partial charge in [0.15, 0.2) is 0 Å². The Labute approximate surface area is 491 Å². The zero-order valence-electron chi connectivity index (χ0n) is 45.9. The summed E-state index contributed by atoms with van der Waals surface area (Å²) in [5.41, 5.74) is 17.7. The predicted octanol–water partition coefficient (Wildman–Crippen LogP) is 16.4. The van der Waals surface area contributed by atoms with Crippen LogP contribution in [0.25, 0.3) is 56.4 Å². The van der Waals surface area contributed by atoms with E-state index < -0.39 is 0 Å². The van der Waals surface area contributed by atoms with Gasteiger partial charge in [-0.25, -0.2) is 0 Å². The largest absolute Gasteiger partial charge is 3.00 e. The second-order valence-corrected chi connectivity index (χ2v) is 19.3. The molecule has 0 amide bonds. The number of aryl methyl sites for hydroxylation is 4. The van der Waals surface area contributed by atoms with Gasteiger partial charge >= 0.3 is 0 Å². The molecule has 6 aromatic heterocycles. The van der Waals surface area contributed by atoms with E-state index >= 15 is 0 Å². The summed E-state index contributed by atoms with van der Waals surface area (Å²) in [7, 11) is 0. The van der Waals surface area contributed by atoms with Gasteiger partial charge in [0.1, 0.15) is 0 Å². The third-order valence-electron chi connectivity index (χ3n) is 11.2. The van der Waals surface area contributed by atoms with Crippen molar-refractivity contribution < 1.29 is 40.2 Å². The third kappa shape index (κ3) is 22.7. The molecule has 8 nitrogen and oxygen atoms in total. The molecular weight excluding hydrogens is 1310 g/mol. The average Bonchev–Trinajstić information content (AvgIpc) is 3.46. The van der Waals surface area contributed by atoms with E-state index in [1.807, 2.05) is 134 Å². The second kappa shape index (κ2) is 34.7. The van der Waals surface area contributed by atoms with E-state index in [0.717, 1.165) is 56.4 Å². The van der Waals surface area contributed by atoms with Crippen molar-refractivity contribution in [1.82, 2.24) is 29.9 Å². The fourth-order valence-corrected chi connectivity index (χ4v) is 6.81. The van der Waals surface area contributed by atoms with Gasteiger partial charge in [-0.2, -0.15) is 0 Å². The standard InChI is InChI=1S/C18H24N2.4C12H10N.2CN.2Ir/c1-17(2,3)13-7-9-19-15(11-13)16-12-14(8-10-20-16)18(4,5)6;4*1-10-5-7-11(8-6-10)12-4-2-3-9-13-12;2*1-2;;/h7-12H,1-6H3;4*2-7,9H,1H3;;;;/q;6*-1;;-3. The second-order valence-electron chi connectivity index (χ2n) is 19.3. The number of aromatic nitrogens is 6. The molecule has 0 bridgehead atoms. The van der Waals surface area contributed by atoms with Crippen LogP contribution in [0.3, 0.4) is 0 Å². The zero-order chi connectivity index (χ0) is 55.4. The van der Waals surface area contributed by atoms with E-state index in [4.69, 9.17) is 23.7 Å². The van der Waals surface area contributed by atoms with Crippen LogP contribution >= 0.6 is 0 Å². The Morgan fingerprint density at radius 3 is 0.731 bits per heavy atom. The van der Waals surface area contributed by atoms with Gasteiger partial charge in [-0.15, -0.1) is 142 Å². The summed E-state index contributed by atoms with van der Waals surface area (Å²) in [6, 6.07) is 69.1. The van der Waals surface area contributed by atoms with Crippen molar-refractivity contribution in [2.75, 3.05) is 0 Å². The Bertz CT molecular complexity index is 2840. The maximum atomic E-state index is 6.25. The predicted molar refractivity (Wildman–Crippen MR) is 308 cm³/mol. The van der Waals surface area contributed by atoms with Crippen LogP contribution in [0, 0.1) is 75.6 Å². The fraction of sp³-hybridized carbons (Fsp3) is 0.176. The minimum atomic E-state index is 0. The van der Waals surface area contributed by atoms with Gasteiger partial charge in [0.25, 0.3) is 0 Å². The van der Waals surface area contributed by atoms with Gasteiger partial charge in [-0.1, -0.05) is 118 Å². The molecule has 78 heavy (non-hydrogen) atoms. The molecule has 6 heterocycles. The molecule has 10 aromatic rings. The Morgan fingerprint density at radius 1 is 0.321 bits per heavy atom. The summed E-state index contributed by atoms with van der Waals surface area (Å²) in [6.07, 6.45) is 10.9. The van der Waals surface area contributed by atoms with Crippen molar-refractivity contribution in [2.24, 2.45) is 0 Å². The number of nitrogens with zero attached hydrogens (tertiary/aromatic N) is 8. The van der Waals surface area contributed by atoms with Gasteiger partial charge < -0.3 is 63.7 Å². The van der Waals surface area contributed by atoms with Crippen LogP contribution < -0.4 is 0 Å². The molecule has 0 atom stereocenters. The first-order chi connectivity index (χ1) is 36.6. The van der Waals surface area contributed by atoms with Crippen molar-refractivity contribution in [3.63, 3.8) is 0 Å². The first kappa shape index (κ1) is 66.2. The minimum absolute atomic E-state index is 0. The number of hydrogen-bond donors (Lipinski definition) is 0. The van der Waals surface area contributed by atoms with Crippen LogP contribution in [-0.4, -0.2) is 29.9 Å². The monoisotopic (exact) mass is 1380 g/mol. The van der Waals surface area contributed by atoms with Crippen LogP contribution in [-0.2, 0) is 51.0 Å². The van der Waals surface area contributed by atoms with Crippen molar-refractivity contribution in [1.29, 1.82) is 10.5 Å². The SMILES string of the molecule is CC(C)(C)c1ccnc(-c2cc(C(C)(C)C)ccn2)c1.Cc1c[c-]c(-c2ccccn2)cc1.Cc1c[c-]c(-c2ccccn2)cc1.Cc1c[c-]c(-c2ccccn2)cc1.Cc1c[c-]c(-c2ccccn2)cc1.[C-]#N.[C-]#N.[Ir-3].[Ir]. The Balaban J connectivity index is 0.000000329. The van der Waals surface area contributed by atoms with Crippen LogP contribution in [0.4, 0.5) is 0 Å². The minimum Gasteiger partial charge on any atom is -3.00 e. The first-order valence-electron chi connectivity index (χ1n) is 24.6. The average molecular weight is 1380 g/mol. The summed E-state index contributed by atoms with van der Waals surface area (Å²) in [4.78, 5) is 26.0. The van der Waals surface area contributed by atoms with Crippen LogP contribution in [0.2, 0.25) is 0 Å². The molecule has 0 spiro atoms. The molecule has 10 rings (SSSR count). The van der Waals surface area contributed by atoms with Gasteiger partial charge in [0.2, 0.25) is 0 Å². The van der Waals surface area contributed by atoms with E-state index in [1.165, 1.54) is 33.4 Å². The normalized spacial score (nSPS) is 9.87. The van der Waals surface area contributed by atoms with Crippen molar-refractivity contribution in [2.45, 2.75) is 80.1 Å². The molecule has 0 saturated heterocycles. The van der Waals surface area contributed by atoms with Crippen LogP contribution in [0.5, 0.6) is 0 Å². The van der Waals surface area contributed by atoms with Crippen LogP contribution in [0.1, 0.15) is 74.9 Å². The molecule has 0 aliphatic carbocycles. The Hall–Kier alpha value is -7.94. The van der Waals surface area contributed by atoms with E-state index in [0.29, 0.717) is 0 Å². The van der Waals surface area contributed by atoms with Crippen molar-refractivity contribution in [3.8, 4) is 56.4 Å². The van der Waals surface area contributed by atoms with Gasteiger partial charge in [0, 0.05) is 57.3 Å². The van der Waals surface area contributed by atoms with Crippen molar-refractivity contribution in [3.05, 3.63) is 278 Å². The maximum Gasteiger partial charge on any atom is 0.0889 e. The van der Waals surface area contributed by atoms with E-state index in [9.17, 15) is 0 Å². The molecule has 0 N–H and O–H groups in total. The quantitative estimate of drug-likeness (QED) is 0.156. The number of benzene rings is 4. The molecule has 0 saturated carbocycles. The topological polar surface area (TPSA) is 125 Å². The van der Waals surface area contributed by atoms with Gasteiger partial charge in [-0.3, -0.25) is 9.97 Å². The molecular formula is C68H64Ir2N8-9. The van der Waals surface area contributed by atoms with E-state index in [1.54, 1.807) is 24.8 Å². The number of rotatable bonds is 5. The molecule has 0 fully saturated rings. The Kier molecular flexibility index (Phi) is 29.4. The summed E-state index contributed by atoms with van der Waals surface area (Å²) in [5, 5.41) is 12.5. The zero-order valence-corrected chi connectivity index (χ0v) is 50.7.